The van der Waals surface area contributed by atoms with Crippen molar-refractivity contribution >= 4 is 22.4 Å². The summed E-state index contributed by atoms with van der Waals surface area (Å²) in [7, 11) is -0.961. The van der Waals surface area contributed by atoms with E-state index in [4.69, 9.17) is 5.73 Å². The zero-order valence-electron chi connectivity index (χ0n) is 11.0. The summed E-state index contributed by atoms with van der Waals surface area (Å²) in [5, 5.41) is 2.73. The fraction of sp³-hybridized carbons (Fsp3) is 0.462. The number of hydrogen-bond donors (Lipinski definition) is 2. The highest BCUT2D eigenvalue weighted by atomic mass is 32.2. The molecule has 1 aromatic carbocycles. The lowest BCUT2D eigenvalue weighted by Gasteiger charge is -2.17. The molecule has 100 valence electrons. The molecule has 0 radical (unpaired) electrons. The lowest BCUT2D eigenvalue weighted by Crippen LogP contribution is -2.32. The molecule has 0 aromatic heterocycles. The second-order valence-electron chi connectivity index (χ2n) is 5.01. The Labute approximate surface area is 110 Å². The number of rotatable bonds is 4. The van der Waals surface area contributed by atoms with Gasteiger partial charge in [-0.15, -0.1) is 0 Å². The van der Waals surface area contributed by atoms with Crippen molar-refractivity contribution in [3.63, 3.8) is 0 Å². The van der Waals surface area contributed by atoms with Gasteiger partial charge in [-0.2, -0.15) is 0 Å². The Hall–Kier alpha value is -1.36. The van der Waals surface area contributed by atoms with E-state index in [-0.39, 0.29) is 10.7 Å². The molecule has 0 aliphatic rings. The van der Waals surface area contributed by atoms with E-state index in [1.54, 1.807) is 24.3 Å². The minimum atomic E-state index is -0.961. The minimum absolute atomic E-state index is 0.223. The molecule has 18 heavy (non-hydrogen) atoms. The Kier molecular flexibility index (Phi) is 4.90. The monoisotopic (exact) mass is 268 g/mol. The molecule has 0 aliphatic heterocycles. The molecular formula is C13H20N2O2S. The van der Waals surface area contributed by atoms with Gasteiger partial charge < -0.3 is 11.1 Å². The van der Waals surface area contributed by atoms with Crippen LogP contribution in [0.5, 0.6) is 0 Å². The Morgan fingerprint density at radius 2 is 1.94 bits per heavy atom. The average molecular weight is 268 g/mol. The third-order valence-electron chi connectivity index (χ3n) is 2.46. The fourth-order valence-corrected chi connectivity index (χ4v) is 2.26. The molecule has 1 atom stereocenters. The normalized spacial score (nSPS) is 13.1. The zero-order chi connectivity index (χ0) is 13.8. The van der Waals surface area contributed by atoms with Gasteiger partial charge in [0.05, 0.1) is 5.56 Å². The van der Waals surface area contributed by atoms with Gasteiger partial charge in [0.2, 0.25) is 0 Å². The lowest BCUT2D eigenvalue weighted by molar-refractivity contribution is 0.0957. The van der Waals surface area contributed by atoms with E-state index in [0.29, 0.717) is 23.5 Å². The predicted octanol–water partition coefficient (Wildman–Crippen LogP) is 1.55. The first-order chi connectivity index (χ1) is 8.32. The van der Waals surface area contributed by atoms with Crippen LogP contribution in [0, 0.1) is 0 Å². The van der Waals surface area contributed by atoms with Gasteiger partial charge >= 0.3 is 0 Å². The van der Waals surface area contributed by atoms with Gasteiger partial charge in [-0.05, 0) is 32.9 Å². The van der Waals surface area contributed by atoms with Crippen molar-refractivity contribution in [3.8, 4) is 0 Å². The second kappa shape index (κ2) is 6.00. The van der Waals surface area contributed by atoms with Crippen LogP contribution in [-0.4, -0.2) is 27.2 Å². The highest BCUT2D eigenvalue weighted by Gasteiger charge is 2.19. The van der Waals surface area contributed by atoms with Gasteiger partial charge in [0.1, 0.15) is 0 Å². The third kappa shape index (κ3) is 4.14. The largest absolute Gasteiger partial charge is 0.398 e. The molecule has 1 unspecified atom stereocenters. The Bertz CT molecular complexity index is 453. The van der Waals surface area contributed by atoms with Crippen LogP contribution in [0.2, 0.25) is 0 Å². The predicted molar refractivity (Wildman–Crippen MR) is 76.0 cm³/mol. The van der Waals surface area contributed by atoms with E-state index in [1.807, 2.05) is 20.8 Å². The molecule has 1 aromatic rings. The van der Waals surface area contributed by atoms with Gasteiger partial charge in [-0.25, -0.2) is 0 Å². The standard InChI is InChI=1S/C13H20N2O2S/c1-13(2,3)18(17)9-8-15-12(16)10-6-4-5-7-11(10)14/h4-7H,8-9,14H2,1-3H3,(H,15,16). The van der Waals surface area contributed by atoms with Gasteiger partial charge in [0.25, 0.3) is 5.91 Å². The van der Waals surface area contributed by atoms with Crippen molar-refractivity contribution in [3.05, 3.63) is 29.8 Å². The number of hydrogen-bond acceptors (Lipinski definition) is 3. The highest BCUT2D eigenvalue weighted by molar-refractivity contribution is 7.86. The number of nitrogen functional groups attached to an aromatic ring is 1. The van der Waals surface area contributed by atoms with Crippen LogP contribution < -0.4 is 11.1 Å². The van der Waals surface area contributed by atoms with E-state index in [9.17, 15) is 9.00 Å². The Morgan fingerprint density at radius 3 is 2.50 bits per heavy atom. The van der Waals surface area contributed by atoms with Gasteiger partial charge in [0.15, 0.2) is 0 Å². The van der Waals surface area contributed by atoms with Crippen molar-refractivity contribution in [2.24, 2.45) is 0 Å². The first-order valence-electron chi connectivity index (χ1n) is 5.83. The molecule has 0 spiro atoms. The van der Waals surface area contributed by atoms with Crippen LogP contribution in [0.25, 0.3) is 0 Å². The number of carbonyl (C=O) groups excluding carboxylic acids is 1. The molecule has 0 saturated carbocycles. The van der Waals surface area contributed by atoms with Crippen molar-refractivity contribution < 1.29 is 9.00 Å². The van der Waals surface area contributed by atoms with Crippen LogP contribution in [0.15, 0.2) is 24.3 Å². The van der Waals surface area contributed by atoms with Crippen LogP contribution in [0.4, 0.5) is 5.69 Å². The number of nitrogens with two attached hydrogens (primary N) is 1. The van der Waals surface area contributed by atoms with E-state index in [1.165, 1.54) is 0 Å². The molecule has 0 aliphatic carbocycles. The summed E-state index contributed by atoms with van der Waals surface area (Å²) in [6, 6.07) is 6.90. The number of benzene rings is 1. The molecule has 1 rings (SSSR count). The summed E-state index contributed by atoms with van der Waals surface area (Å²) < 4.78 is 11.5. The topological polar surface area (TPSA) is 72.2 Å². The minimum Gasteiger partial charge on any atom is -0.398 e. The highest BCUT2D eigenvalue weighted by Crippen LogP contribution is 2.11. The quantitative estimate of drug-likeness (QED) is 0.814. The van der Waals surface area contributed by atoms with E-state index in [0.717, 1.165) is 0 Å². The molecule has 0 saturated heterocycles. The molecule has 5 heteroatoms. The Morgan fingerprint density at radius 1 is 1.33 bits per heavy atom. The maximum Gasteiger partial charge on any atom is 0.253 e. The van der Waals surface area contributed by atoms with Crippen LogP contribution in [0.3, 0.4) is 0 Å². The van der Waals surface area contributed by atoms with E-state index < -0.39 is 10.8 Å². The van der Waals surface area contributed by atoms with Crippen LogP contribution in [0.1, 0.15) is 31.1 Å². The Balaban J connectivity index is 2.49. The molecule has 3 N–H and O–H groups in total. The molecule has 0 fully saturated rings. The van der Waals surface area contributed by atoms with Crippen LogP contribution >= 0.6 is 0 Å². The van der Waals surface area contributed by atoms with E-state index >= 15 is 0 Å². The summed E-state index contributed by atoms with van der Waals surface area (Å²) in [4.78, 5) is 11.8. The number of para-hydroxylation sites is 1. The first kappa shape index (κ1) is 14.7. The maximum atomic E-state index is 11.8. The van der Waals surface area contributed by atoms with Gasteiger partial charge in [0, 0.05) is 33.5 Å². The van der Waals surface area contributed by atoms with Gasteiger partial charge in [-0.1, -0.05) is 12.1 Å². The molecule has 0 heterocycles. The number of nitrogens with one attached hydrogen (secondary N) is 1. The zero-order valence-corrected chi connectivity index (χ0v) is 11.8. The van der Waals surface area contributed by atoms with E-state index in [2.05, 4.69) is 5.32 Å². The van der Waals surface area contributed by atoms with Crippen LogP contribution in [-0.2, 0) is 10.8 Å². The average Bonchev–Trinajstić information content (AvgIpc) is 2.28. The molecule has 0 bridgehead atoms. The molecule has 1 amide bonds. The van der Waals surface area contributed by atoms with Crippen molar-refractivity contribution in [1.29, 1.82) is 0 Å². The first-order valence-corrected chi connectivity index (χ1v) is 7.15. The summed E-state index contributed by atoms with van der Waals surface area (Å²) in [6.45, 7) is 6.14. The summed E-state index contributed by atoms with van der Waals surface area (Å²) >= 11 is 0. The van der Waals surface area contributed by atoms with Gasteiger partial charge in [-0.3, -0.25) is 9.00 Å². The summed E-state index contributed by atoms with van der Waals surface area (Å²) in [5.41, 5.74) is 6.61. The smallest absolute Gasteiger partial charge is 0.253 e. The number of carbonyl (C=O) groups is 1. The molecule has 4 nitrogen and oxygen atoms in total. The fourth-order valence-electron chi connectivity index (χ4n) is 1.36. The maximum absolute atomic E-state index is 11.8. The van der Waals surface area contributed by atoms with Crippen molar-refractivity contribution in [2.45, 2.75) is 25.5 Å². The second-order valence-corrected chi connectivity index (χ2v) is 7.33. The van der Waals surface area contributed by atoms with Crippen molar-refractivity contribution in [1.82, 2.24) is 5.32 Å². The third-order valence-corrected chi connectivity index (χ3v) is 4.40. The molecular weight excluding hydrogens is 248 g/mol. The summed E-state index contributed by atoms with van der Waals surface area (Å²) in [6.07, 6.45) is 0. The lowest BCUT2D eigenvalue weighted by atomic mass is 10.2. The number of amides is 1. The SMILES string of the molecule is CC(C)(C)S(=O)CCNC(=O)c1ccccc1N. The summed E-state index contributed by atoms with van der Waals surface area (Å²) in [5.74, 6) is 0.223. The van der Waals surface area contributed by atoms with Crippen molar-refractivity contribution in [2.75, 3.05) is 18.0 Å². The number of anilines is 1.